The van der Waals surface area contributed by atoms with Gasteiger partial charge in [-0.2, -0.15) is 0 Å². The van der Waals surface area contributed by atoms with Gasteiger partial charge >= 0.3 is 6.09 Å². The number of benzene rings is 2. The van der Waals surface area contributed by atoms with Crippen LogP contribution in [0.3, 0.4) is 0 Å². The molecule has 7 nitrogen and oxygen atoms in total. The summed E-state index contributed by atoms with van der Waals surface area (Å²) in [5.41, 5.74) is 0.845. The molecule has 0 bridgehead atoms. The van der Waals surface area contributed by atoms with E-state index in [1.807, 2.05) is 48.5 Å². The predicted octanol–water partition coefficient (Wildman–Crippen LogP) is 5.01. The number of amides is 1. The molecule has 2 N–H and O–H groups in total. The summed E-state index contributed by atoms with van der Waals surface area (Å²) in [7, 11) is 0. The molecule has 0 radical (unpaired) electrons. The van der Waals surface area contributed by atoms with Gasteiger partial charge in [-0.15, -0.1) is 0 Å². The number of pyridine rings is 1. The van der Waals surface area contributed by atoms with Crippen LogP contribution in [0.25, 0.3) is 0 Å². The van der Waals surface area contributed by atoms with Crippen molar-refractivity contribution in [1.82, 2.24) is 10.3 Å². The number of carbonyl (C=O) groups excluding carboxylic acids is 1. The van der Waals surface area contributed by atoms with Crippen LogP contribution in [0.1, 0.15) is 38.0 Å². The van der Waals surface area contributed by atoms with Gasteiger partial charge in [0.1, 0.15) is 24.1 Å². The average Bonchev–Trinajstić information content (AvgIpc) is 2.77. The molecule has 1 aromatic heterocycles. The molecule has 2 aromatic carbocycles. The molecule has 0 spiro atoms. The lowest BCUT2D eigenvalue weighted by Gasteiger charge is -2.21. The Hall–Kier alpha value is -3.58. The number of hydrogen-bond donors (Lipinski definition) is 2. The van der Waals surface area contributed by atoms with Crippen LogP contribution in [0.4, 0.5) is 4.79 Å². The van der Waals surface area contributed by atoms with E-state index in [2.05, 4.69) is 10.3 Å². The van der Waals surface area contributed by atoms with Gasteiger partial charge in [0.15, 0.2) is 11.5 Å². The van der Waals surface area contributed by atoms with Gasteiger partial charge in [0.25, 0.3) is 0 Å². The molecule has 1 atom stereocenters. The topological polar surface area (TPSA) is 89.9 Å². The lowest BCUT2D eigenvalue weighted by Crippen LogP contribution is -2.34. The smallest absolute Gasteiger partial charge is 0.407 e. The second kappa shape index (κ2) is 10.6. The third kappa shape index (κ3) is 6.99. The molecule has 0 aliphatic heterocycles. The van der Waals surface area contributed by atoms with Gasteiger partial charge in [-0.25, -0.2) is 4.79 Å². The fourth-order valence-electron chi connectivity index (χ4n) is 2.85. The SMILES string of the molecule is CC(C)(C)OC(=O)NCC(O)c1cnccc1Oc1ccccc1OCc1ccccc1. The zero-order chi connectivity index (χ0) is 23.0. The molecule has 0 aliphatic carbocycles. The Labute approximate surface area is 188 Å². The van der Waals surface area contributed by atoms with Crippen molar-refractivity contribution < 1.29 is 24.1 Å². The minimum absolute atomic E-state index is 0.0525. The van der Waals surface area contributed by atoms with E-state index in [0.717, 1.165) is 5.56 Å². The maximum absolute atomic E-state index is 11.9. The number of para-hydroxylation sites is 2. The van der Waals surface area contributed by atoms with E-state index in [4.69, 9.17) is 14.2 Å². The third-order valence-electron chi connectivity index (χ3n) is 4.31. The fraction of sp³-hybridized carbons (Fsp3) is 0.280. The first-order chi connectivity index (χ1) is 15.3. The highest BCUT2D eigenvalue weighted by atomic mass is 16.6. The van der Waals surface area contributed by atoms with Crippen LogP contribution in [0.15, 0.2) is 73.1 Å². The molecule has 3 rings (SSSR count). The second-order valence-electron chi connectivity index (χ2n) is 8.14. The molecule has 1 unspecified atom stereocenters. The summed E-state index contributed by atoms with van der Waals surface area (Å²) >= 11 is 0. The summed E-state index contributed by atoms with van der Waals surface area (Å²) in [6, 6.07) is 18.8. The molecular formula is C25H28N2O5. The quantitative estimate of drug-likeness (QED) is 0.516. The maximum Gasteiger partial charge on any atom is 0.407 e. The number of rotatable bonds is 8. The van der Waals surface area contributed by atoms with Crippen molar-refractivity contribution >= 4 is 6.09 Å². The minimum Gasteiger partial charge on any atom is -0.485 e. The van der Waals surface area contributed by atoms with Crippen molar-refractivity contribution in [1.29, 1.82) is 0 Å². The number of ether oxygens (including phenoxy) is 3. The van der Waals surface area contributed by atoms with Crippen LogP contribution in [0, 0.1) is 0 Å². The summed E-state index contributed by atoms with van der Waals surface area (Å²) < 4.78 is 17.2. The Kier molecular flexibility index (Phi) is 7.68. The van der Waals surface area contributed by atoms with Crippen molar-refractivity contribution in [2.75, 3.05) is 6.54 Å². The first kappa shape index (κ1) is 23.1. The van der Waals surface area contributed by atoms with Crippen molar-refractivity contribution in [3.05, 3.63) is 84.2 Å². The molecular weight excluding hydrogens is 408 g/mol. The molecule has 7 heteroatoms. The van der Waals surface area contributed by atoms with Gasteiger partial charge in [-0.05, 0) is 44.5 Å². The highest BCUT2D eigenvalue weighted by molar-refractivity contribution is 5.67. The van der Waals surface area contributed by atoms with E-state index >= 15 is 0 Å². The van der Waals surface area contributed by atoms with E-state index in [0.29, 0.717) is 29.4 Å². The van der Waals surface area contributed by atoms with Gasteiger partial charge in [-0.3, -0.25) is 4.98 Å². The molecule has 1 heterocycles. The van der Waals surface area contributed by atoms with E-state index in [9.17, 15) is 9.90 Å². The van der Waals surface area contributed by atoms with Crippen molar-refractivity contribution in [3.63, 3.8) is 0 Å². The number of carbonyl (C=O) groups is 1. The molecule has 168 valence electrons. The van der Waals surface area contributed by atoms with Crippen LogP contribution in [0.2, 0.25) is 0 Å². The standard InChI is InChI=1S/C25H28N2O5/c1-25(2,3)32-24(29)27-16-20(28)19-15-26-14-13-21(19)31-23-12-8-7-11-22(23)30-17-18-9-5-4-6-10-18/h4-15,20,28H,16-17H2,1-3H3,(H,27,29). The molecule has 32 heavy (non-hydrogen) atoms. The summed E-state index contributed by atoms with van der Waals surface area (Å²) in [6.07, 6.45) is 1.43. The summed E-state index contributed by atoms with van der Waals surface area (Å²) in [5, 5.41) is 13.2. The Balaban J connectivity index is 1.69. The van der Waals surface area contributed by atoms with Crippen LogP contribution < -0.4 is 14.8 Å². The van der Waals surface area contributed by atoms with E-state index < -0.39 is 17.8 Å². The number of aromatic nitrogens is 1. The van der Waals surface area contributed by atoms with Gasteiger partial charge in [0.2, 0.25) is 0 Å². The number of aliphatic hydroxyl groups excluding tert-OH is 1. The van der Waals surface area contributed by atoms with Crippen molar-refractivity contribution in [2.45, 2.75) is 39.1 Å². The number of hydrogen-bond acceptors (Lipinski definition) is 6. The van der Waals surface area contributed by atoms with Crippen molar-refractivity contribution in [2.24, 2.45) is 0 Å². The van der Waals surface area contributed by atoms with Crippen molar-refractivity contribution in [3.8, 4) is 17.2 Å². The van der Waals surface area contributed by atoms with Crippen LogP contribution >= 0.6 is 0 Å². The number of alkyl carbamates (subject to hydrolysis) is 1. The van der Waals surface area contributed by atoms with Gasteiger partial charge in [0, 0.05) is 18.0 Å². The van der Waals surface area contributed by atoms with Crippen LogP contribution in [-0.2, 0) is 11.3 Å². The monoisotopic (exact) mass is 436 g/mol. The predicted molar refractivity (Wildman–Crippen MR) is 121 cm³/mol. The van der Waals surface area contributed by atoms with Gasteiger partial charge < -0.3 is 24.6 Å². The van der Waals surface area contributed by atoms with E-state index in [-0.39, 0.29) is 6.54 Å². The molecule has 0 saturated carbocycles. The van der Waals surface area contributed by atoms with Crippen LogP contribution in [0.5, 0.6) is 17.2 Å². The van der Waals surface area contributed by atoms with E-state index in [1.165, 1.54) is 6.20 Å². The average molecular weight is 437 g/mol. The number of nitrogens with zero attached hydrogens (tertiary/aromatic N) is 1. The first-order valence-electron chi connectivity index (χ1n) is 10.3. The fourth-order valence-corrected chi connectivity index (χ4v) is 2.85. The van der Waals surface area contributed by atoms with Crippen LogP contribution in [-0.4, -0.2) is 28.3 Å². The molecule has 0 saturated heterocycles. The second-order valence-corrected chi connectivity index (χ2v) is 8.14. The summed E-state index contributed by atoms with van der Waals surface area (Å²) in [4.78, 5) is 16.0. The highest BCUT2D eigenvalue weighted by Crippen LogP contribution is 2.35. The zero-order valence-electron chi connectivity index (χ0n) is 18.4. The zero-order valence-corrected chi connectivity index (χ0v) is 18.4. The number of aliphatic hydroxyl groups is 1. The van der Waals surface area contributed by atoms with Gasteiger partial charge in [-0.1, -0.05) is 42.5 Å². The summed E-state index contributed by atoms with van der Waals surface area (Å²) in [6.45, 7) is 5.66. The Morgan fingerprint density at radius 3 is 2.41 bits per heavy atom. The lowest BCUT2D eigenvalue weighted by atomic mass is 10.1. The Morgan fingerprint density at radius 1 is 1.00 bits per heavy atom. The Morgan fingerprint density at radius 2 is 1.69 bits per heavy atom. The lowest BCUT2D eigenvalue weighted by molar-refractivity contribution is 0.0490. The Bertz CT molecular complexity index is 1020. The normalized spacial score (nSPS) is 12.0. The first-order valence-corrected chi connectivity index (χ1v) is 10.3. The largest absolute Gasteiger partial charge is 0.485 e. The van der Waals surface area contributed by atoms with Gasteiger partial charge in [0.05, 0.1) is 6.54 Å². The minimum atomic E-state index is -1.04. The highest BCUT2D eigenvalue weighted by Gasteiger charge is 2.20. The molecule has 0 aliphatic rings. The molecule has 0 fully saturated rings. The molecule has 1 amide bonds. The maximum atomic E-state index is 11.9. The third-order valence-corrected chi connectivity index (χ3v) is 4.31. The number of nitrogens with one attached hydrogen (secondary N) is 1. The van der Waals surface area contributed by atoms with E-state index in [1.54, 1.807) is 39.1 Å². The molecule has 3 aromatic rings. The summed E-state index contributed by atoms with van der Waals surface area (Å²) in [5.74, 6) is 1.48.